The third-order valence-electron chi connectivity index (χ3n) is 5.54. The Balaban J connectivity index is 1.56. The second-order valence-electron chi connectivity index (χ2n) is 7.39. The van der Waals surface area contributed by atoms with Crippen LogP contribution in [0.25, 0.3) is 0 Å². The van der Waals surface area contributed by atoms with Crippen LogP contribution in [0.4, 0.5) is 0 Å². The molecule has 2 aromatic rings. The molecule has 2 heterocycles. The third kappa shape index (κ3) is 3.99. The van der Waals surface area contributed by atoms with E-state index in [4.69, 9.17) is 4.74 Å². The van der Waals surface area contributed by atoms with Gasteiger partial charge in [-0.3, -0.25) is 9.69 Å². The summed E-state index contributed by atoms with van der Waals surface area (Å²) < 4.78 is 5.74. The molecule has 0 aromatic heterocycles. The van der Waals surface area contributed by atoms with Crippen molar-refractivity contribution in [3.8, 4) is 5.75 Å². The minimum atomic E-state index is -0.255. The van der Waals surface area contributed by atoms with Crippen molar-refractivity contribution in [2.75, 3.05) is 39.8 Å². The zero-order valence-electron chi connectivity index (χ0n) is 15.8. The molecule has 1 amide bonds. The van der Waals surface area contributed by atoms with Crippen LogP contribution in [0.15, 0.2) is 54.6 Å². The molecule has 4 rings (SSSR count). The lowest BCUT2D eigenvalue weighted by molar-refractivity contribution is -0.128. The van der Waals surface area contributed by atoms with E-state index in [9.17, 15) is 4.79 Å². The van der Waals surface area contributed by atoms with E-state index >= 15 is 0 Å². The highest BCUT2D eigenvalue weighted by atomic mass is 16.5. The van der Waals surface area contributed by atoms with Crippen LogP contribution in [0.3, 0.4) is 0 Å². The molecule has 2 atom stereocenters. The number of piperazine rings is 1. The first-order chi connectivity index (χ1) is 13.2. The van der Waals surface area contributed by atoms with Gasteiger partial charge in [0.05, 0.1) is 12.6 Å². The van der Waals surface area contributed by atoms with E-state index in [0.29, 0.717) is 6.61 Å². The highest BCUT2D eigenvalue weighted by Crippen LogP contribution is 2.32. The van der Waals surface area contributed by atoms with E-state index in [1.54, 1.807) is 0 Å². The standard InChI is InChI=1S/C22H27N3O2/c1-24-12-14-25(15-13-24)21(17-7-3-2-4-8-17)22(26)23-19-11-16-27-20-10-6-5-9-18(19)20/h2-10,19,21H,11-16H2,1H3,(H,23,26). The number of carbonyl (C=O) groups is 1. The van der Waals surface area contributed by atoms with Crippen LogP contribution >= 0.6 is 0 Å². The maximum Gasteiger partial charge on any atom is 0.242 e. The predicted molar refractivity (Wildman–Crippen MR) is 106 cm³/mol. The van der Waals surface area contributed by atoms with Gasteiger partial charge in [0.2, 0.25) is 5.91 Å². The summed E-state index contributed by atoms with van der Waals surface area (Å²) in [7, 11) is 2.13. The molecule has 0 radical (unpaired) electrons. The lowest BCUT2D eigenvalue weighted by atomic mass is 9.98. The molecule has 0 aliphatic carbocycles. The highest BCUT2D eigenvalue weighted by Gasteiger charge is 2.32. The summed E-state index contributed by atoms with van der Waals surface area (Å²) in [6.45, 7) is 4.39. The largest absolute Gasteiger partial charge is 0.493 e. The van der Waals surface area contributed by atoms with Crippen molar-refractivity contribution in [2.45, 2.75) is 18.5 Å². The molecule has 2 aromatic carbocycles. The van der Waals surface area contributed by atoms with Gasteiger partial charge in [-0.1, -0.05) is 48.5 Å². The third-order valence-corrected chi connectivity index (χ3v) is 5.54. The molecule has 2 unspecified atom stereocenters. The quantitative estimate of drug-likeness (QED) is 0.905. The molecule has 2 aliphatic rings. The van der Waals surface area contributed by atoms with Crippen molar-refractivity contribution in [1.82, 2.24) is 15.1 Å². The number of hydrogen-bond donors (Lipinski definition) is 1. The van der Waals surface area contributed by atoms with Gasteiger partial charge in [-0.25, -0.2) is 0 Å². The van der Waals surface area contributed by atoms with E-state index in [1.165, 1.54) is 0 Å². The summed E-state index contributed by atoms with van der Waals surface area (Å²) in [4.78, 5) is 18.0. The molecule has 2 aliphatic heterocycles. The van der Waals surface area contributed by atoms with E-state index in [2.05, 4.69) is 34.3 Å². The van der Waals surface area contributed by atoms with Crippen LogP contribution in [-0.4, -0.2) is 55.5 Å². The minimum Gasteiger partial charge on any atom is -0.493 e. The van der Waals surface area contributed by atoms with Gasteiger partial charge in [0.25, 0.3) is 0 Å². The van der Waals surface area contributed by atoms with E-state index < -0.39 is 0 Å². The molecule has 0 bridgehead atoms. The fraction of sp³-hybridized carbons (Fsp3) is 0.409. The lowest BCUT2D eigenvalue weighted by Gasteiger charge is -2.38. The Morgan fingerprint density at radius 3 is 2.52 bits per heavy atom. The fourth-order valence-corrected chi connectivity index (χ4v) is 3.99. The number of hydrogen-bond acceptors (Lipinski definition) is 4. The number of likely N-dealkylation sites (N-methyl/N-ethyl adjacent to an activating group) is 1. The van der Waals surface area contributed by atoms with Gasteiger partial charge in [0.15, 0.2) is 0 Å². The summed E-state index contributed by atoms with van der Waals surface area (Å²) in [5, 5.41) is 3.31. The predicted octanol–water partition coefficient (Wildman–Crippen LogP) is 2.62. The molecule has 1 N–H and O–H groups in total. The molecular formula is C22H27N3O2. The summed E-state index contributed by atoms with van der Waals surface area (Å²) in [5.41, 5.74) is 2.13. The first kappa shape index (κ1) is 18.0. The van der Waals surface area contributed by atoms with Crippen molar-refractivity contribution in [3.63, 3.8) is 0 Å². The molecule has 27 heavy (non-hydrogen) atoms. The van der Waals surface area contributed by atoms with Crippen molar-refractivity contribution >= 4 is 5.91 Å². The molecular weight excluding hydrogens is 338 g/mol. The van der Waals surface area contributed by atoms with Crippen LogP contribution in [0.2, 0.25) is 0 Å². The normalized spacial score (nSPS) is 21.7. The van der Waals surface area contributed by atoms with Crippen LogP contribution in [0.1, 0.15) is 29.6 Å². The van der Waals surface area contributed by atoms with Gasteiger partial charge in [-0.2, -0.15) is 0 Å². The number of rotatable bonds is 4. The number of benzene rings is 2. The maximum atomic E-state index is 13.4. The van der Waals surface area contributed by atoms with E-state index in [0.717, 1.165) is 49.5 Å². The van der Waals surface area contributed by atoms with Crippen LogP contribution in [0, 0.1) is 0 Å². The first-order valence-corrected chi connectivity index (χ1v) is 9.72. The smallest absolute Gasteiger partial charge is 0.242 e. The summed E-state index contributed by atoms with van der Waals surface area (Å²) in [6.07, 6.45) is 0.799. The molecule has 0 spiro atoms. The Labute approximate surface area is 160 Å². The number of nitrogens with one attached hydrogen (secondary N) is 1. The average Bonchev–Trinajstić information content (AvgIpc) is 2.71. The lowest BCUT2D eigenvalue weighted by Crippen LogP contribution is -2.50. The van der Waals surface area contributed by atoms with Gasteiger partial charge < -0.3 is 15.0 Å². The van der Waals surface area contributed by atoms with Gasteiger partial charge in [-0.05, 0) is 18.7 Å². The Bertz CT molecular complexity index is 772. The Morgan fingerprint density at radius 1 is 1.04 bits per heavy atom. The summed E-state index contributed by atoms with van der Waals surface area (Å²) in [6, 6.07) is 17.9. The Hall–Kier alpha value is -2.37. The van der Waals surface area contributed by atoms with Gasteiger partial charge in [0.1, 0.15) is 11.8 Å². The molecule has 5 heteroatoms. The molecule has 0 saturated carbocycles. The average molecular weight is 365 g/mol. The van der Waals surface area contributed by atoms with Gasteiger partial charge in [-0.15, -0.1) is 0 Å². The van der Waals surface area contributed by atoms with Gasteiger partial charge in [0, 0.05) is 38.2 Å². The van der Waals surface area contributed by atoms with Crippen LogP contribution in [0.5, 0.6) is 5.75 Å². The molecule has 5 nitrogen and oxygen atoms in total. The zero-order valence-corrected chi connectivity index (χ0v) is 15.8. The molecule has 142 valence electrons. The summed E-state index contributed by atoms with van der Waals surface area (Å²) in [5.74, 6) is 0.956. The topological polar surface area (TPSA) is 44.8 Å². The van der Waals surface area contributed by atoms with Crippen molar-refractivity contribution in [3.05, 3.63) is 65.7 Å². The fourth-order valence-electron chi connectivity index (χ4n) is 3.99. The highest BCUT2D eigenvalue weighted by molar-refractivity contribution is 5.83. The van der Waals surface area contributed by atoms with Crippen molar-refractivity contribution in [2.24, 2.45) is 0 Å². The van der Waals surface area contributed by atoms with Gasteiger partial charge >= 0.3 is 0 Å². The van der Waals surface area contributed by atoms with Crippen LogP contribution < -0.4 is 10.1 Å². The summed E-state index contributed by atoms with van der Waals surface area (Å²) >= 11 is 0. The van der Waals surface area contributed by atoms with Crippen molar-refractivity contribution < 1.29 is 9.53 Å². The molecule has 1 fully saturated rings. The number of nitrogens with zero attached hydrogens (tertiary/aromatic N) is 2. The second kappa shape index (κ2) is 8.11. The SMILES string of the molecule is CN1CCN(C(C(=O)NC2CCOc3ccccc32)c2ccccc2)CC1. The van der Waals surface area contributed by atoms with Crippen LogP contribution in [-0.2, 0) is 4.79 Å². The Morgan fingerprint density at radius 2 is 1.74 bits per heavy atom. The zero-order chi connectivity index (χ0) is 18.6. The maximum absolute atomic E-state index is 13.4. The number of fused-ring (bicyclic) bond motifs is 1. The number of para-hydroxylation sites is 1. The monoisotopic (exact) mass is 365 g/mol. The van der Waals surface area contributed by atoms with E-state index in [-0.39, 0.29) is 18.0 Å². The second-order valence-corrected chi connectivity index (χ2v) is 7.39. The van der Waals surface area contributed by atoms with Crippen molar-refractivity contribution in [1.29, 1.82) is 0 Å². The number of ether oxygens (including phenoxy) is 1. The Kier molecular flexibility index (Phi) is 5.41. The minimum absolute atomic E-state index is 0.00104. The first-order valence-electron chi connectivity index (χ1n) is 9.72. The number of amides is 1. The number of carbonyl (C=O) groups excluding carboxylic acids is 1. The molecule has 1 saturated heterocycles. The van der Waals surface area contributed by atoms with E-state index in [1.807, 2.05) is 42.5 Å².